The molecule has 1 aliphatic rings. The van der Waals surface area contributed by atoms with E-state index in [0.29, 0.717) is 31.7 Å². The summed E-state index contributed by atoms with van der Waals surface area (Å²) in [5.41, 5.74) is 0.240. The lowest BCUT2D eigenvalue weighted by atomic mass is 9.92. The fourth-order valence-electron chi connectivity index (χ4n) is 2.15. The zero-order valence-corrected chi connectivity index (χ0v) is 9.70. The van der Waals surface area contributed by atoms with Crippen LogP contribution in [0.5, 0.6) is 0 Å². The number of hydrogen-bond acceptors (Lipinski definition) is 3. The van der Waals surface area contributed by atoms with Crippen molar-refractivity contribution in [1.29, 1.82) is 0 Å². The summed E-state index contributed by atoms with van der Waals surface area (Å²) in [7, 11) is 1.61. The van der Waals surface area contributed by atoms with Gasteiger partial charge in [-0.2, -0.15) is 13.9 Å². The molecule has 96 valence electrons. The molecule has 2 heterocycles. The summed E-state index contributed by atoms with van der Waals surface area (Å²) in [5.74, 6) is -3.22. The second-order valence-electron chi connectivity index (χ2n) is 4.35. The third-order valence-corrected chi connectivity index (χ3v) is 3.06. The number of ether oxygens (including phenoxy) is 1. The molecule has 0 saturated carbocycles. The lowest BCUT2D eigenvalue weighted by Gasteiger charge is -2.23. The van der Waals surface area contributed by atoms with E-state index in [2.05, 4.69) is 5.10 Å². The summed E-state index contributed by atoms with van der Waals surface area (Å²) in [6.07, 6.45) is 2.69. The third-order valence-electron chi connectivity index (χ3n) is 3.06. The number of nitrogens with zero attached hydrogens (tertiary/aromatic N) is 2. The molecule has 2 rings (SSSR count). The zero-order chi connectivity index (χ0) is 12.5. The largest absolute Gasteiger partial charge is 0.390 e. The average molecular weight is 246 g/mol. The Balaban J connectivity index is 2.32. The highest BCUT2D eigenvalue weighted by molar-refractivity contribution is 5.26. The van der Waals surface area contributed by atoms with Gasteiger partial charge in [-0.25, -0.2) is 0 Å². The van der Waals surface area contributed by atoms with Crippen molar-refractivity contribution in [2.45, 2.75) is 24.7 Å². The molecule has 0 bridgehead atoms. The molecule has 0 amide bonds. The third kappa shape index (κ3) is 2.47. The predicted octanol–water partition coefficient (Wildman–Crippen LogP) is 1.40. The van der Waals surface area contributed by atoms with Gasteiger partial charge in [0.1, 0.15) is 6.61 Å². The molecule has 0 radical (unpaired) electrons. The Morgan fingerprint density at radius 2 is 2.18 bits per heavy atom. The standard InChI is InChI=1S/C11H16F2N2O2/c1-15-6-9(11(12,13)7-16)10(14-15)8-2-4-17-5-3-8/h6,8,16H,2-5,7H2,1H3. The molecular weight excluding hydrogens is 230 g/mol. The molecule has 4 nitrogen and oxygen atoms in total. The van der Waals surface area contributed by atoms with Crippen molar-refractivity contribution in [2.75, 3.05) is 19.8 Å². The van der Waals surface area contributed by atoms with Crippen LogP contribution >= 0.6 is 0 Å². The molecule has 0 aromatic carbocycles. The number of aliphatic hydroxyl groups excluding tert-OH is 1. The van der Waals surface area contributed by atoms with Gasteiger partial charge in [0.15, 0.2) is 0 Å². The van der Waals surface area contributed by atoms with Gasteiger partial charge >= 0.3 is 0 Å². The summed E-state index contributed by atoms with van der Waals surface area (Å²) >= 11 is 0. The second kappa shape index (κ2) is 4.70. The van der Waals surface area contributed by atoms with E-state index in [1.54, 1.807) is 7.05 Å². The number of rotatable bonds is 3. The molecule has 0 aliphatic carbocycles. The molecule has 1 N–H and O–H groups in total. The topological polar surface area (TPSA) is 47.3 Å². The summed E-state index contributed by atoms with van der Waals surface area (Å²) < 4.78 is 33.7. The van der Waals surface area contributed by atoms with Gasteiger partial charge in [0, 0.05) is 32.4 Å². The van der Waals surface area contributed by atoms with Crippen LogP contribution in [0.25, 0.3) is 0 Å². The molecule has 1 aliphatic heterocycles. The van der Waals surface area contributed by atoms with Crippen LogP contribution in [0, 0.1) is 0 Å². The summed E-state index contributed by atoms with van der Waals surface area (Å²) in [6.45, 7) is -0.0360. The fourth-order valence-corrected chi connectivity index (χ4v) is 2.15. The first-order valence-electron chi connectivity index (χ1n) is 5.65. The van der Waals surface area contributed by atoms with Crippen LogP contribution in [0.3, 0.4) is 0 Å². The van der Waals surface area contributed by atoms with Gasteiger partial charge in [-0.15, -0.1) is 0 Å². The summed E-state index contributed by atoms with van der Waals surface area (Å²) in [4.78, 5) is 0. The fraction of sp³-hybridized carbons (Fsp3) is 0.727. The quantitative estimate of drug-likeness (QED) is 0.877. The Morgan fingerprint density at radius 1 is 1.53 bits per heavy atom. The van der Waals surface area contributed by atoms with Crippen molar-refractivity contribution in [2.24, 2.45) is 7.05 Å². The van der Waals surface area contributed by atoms with Crippen molar-refractivity contribution in [1.82, 2.24) is 9.78 Å². The second-order valence-corrected chi connectivity index (χ2v) is 4.35. The molecule has 1 fully saturated rings. The van der Waals surface area contributed by atoms with Crippen LogP contribution in [-0.2, 0) is 17.7 Å². The summed E-state index contributed by atoms with van der Waals surface area (Å²) in [6, 6.07) is 0. The highest BCUT2D eigenvalue weighted by Crippen LogP contribution is 2.36. The maximum absolute atomic E-state index is 13.6. The highest BCUT2D eigenvalue weighted by Gasteiger charge is 2.37. The van der Waals surface area contributed by atoms with Crippen molar-refractivity contribution in [3.63, 3.8) is 0 Å². The van der Waals surface area contributed by atoms with E-state index < -0.39 is 12.5 Å². The van der Waals surface area contributed by atoms with Gasteiger partial charge in [-0.3, -0.25) is 4.68 Å². The average Bonchev–Trinajstić information content (AvgIpc) is 2.73. The van der Waals surface area contributed by atoms with Crippen LogP contribution < -0.4 is 0 Å². The van der Waals surface area contributed by atoms with Crippen molar-refractivity contribution in [3.8, 4) is 0 Å². The molecular formula is C11H16F2N2O2. The van der Waals surface area contributed by atoms with Gasteiger partial charge < -0.3 is 9.84 Å². The van der Waals surface area contributed by atoms with Gasteiger partial charge in [0.25, 0.3) is 5.92 Å². The first-order chi connectivity index (χ1) is 8.04. The number of aromatic nitrogens is 2. The van der Waals surface area contributed by atoms with Gasteiger partial charge in [0.2, 0.25) is 0 Å². The van der Waals surface area contributed by atoms with Gasteiger partial charge in [0.05, 0.1) is 11.3 Å². The monoisotopic (exact) mass is 246 g/mol. The minimum atomic E-state index is -3.22. The van der Waals surface area contributed by atoms with E-state index in [0.717, 1.165) is 0 Å². The lowest BCUT2D eigenvalue weighted by Crippen LogP contribution is -2.23. The minimum absolute atomic E-state index is 0.00243. The lowest BCUT2D eigenvalue weighted by molar-refractivity contribution is -0.0569. The number of alkyl halides is 2. The van der Waals surface area contributed by atoms with Crippen molar-refractivity contribution in [3.05, 3.63) is 17.5 Å². The van der Waals surface area contributed by atoms with Gasteiger partial charge in [-0.05, 0) is 12.8 Å². The number of aryl methyl sites for hydroxylation is 1. The van der Waals surface area contributed by atoms with E-state index >= 15 is 0 Å². The Bertz CT molecular complexity index is 387. The predicted molar refractivity (Wildman–Crippen MR) is 57.0 cm³/mol. The Kier molecular flexibility index (Phi) is 3.44. The van der Waals surface area contributed by atoms with Gasteiger partial charge in [-0.1, -0.05) is 0 Å². The molecule has 6 heteroatoms. The maximum Gasteiger partial charge on any atom is 0.299 e. The maximum atomic E-state index is 13.6. The first-order valence-corrected chi connectivity index (χ1v) is 5.65. The van der Waals surface area contributed by atoms with Crippen LogP contribution in [0.1, 0.15) is 30.0 Å². The van der Waals surface area contributed by atoms with Crippen LogP contribution in [0.2, 0.25) is 0 Å². The van der Waals surface area contributed by atoms with Crippen molar-refractivity contribution >= 4 is 0 Å². The molecule has 1 saturated heterocycles. The smallest absolute Gasteiger partial charge is 0.299 e. The molecule has 0 atom stereocenters. The number of hydrogen-bond donors (Lipinski definition) is 1. The highest BCUT2D eigenvalue weighted by atomic mass is 19.3. The van der Waals surface area contributed by atoms with Crippen LogP contribution in [0.15, 0.2) is 6.20 Å². The molecule has 0 unspecified atom stereocenters. The van der Waals surface area contributed by atoms with Crippen molar-refractivity contribution < 1.29 is 18.6 Å². The summed E-state index contributed by atoms with van der Waals surface area (Å²) in [5, 5.41) is 12.9. The minimum Gasteiger partial charge on any atom is -0.390 e. The molecule has 17 heavy (non-hydrogen) atoms. The molecule has 1 aromatic heterocycles. The van der Waals surface area contributed by atoms with Crippen LogP contribution in [-0.4, -0.2) is 34.7 Å². The van der Waals surface area contributed by atoms with E-state index in [1.165, 1.54) is 10.9 Å². The van der Waals surface area contributed by atoms with E-state index in [4.69, 9.17) is 9.84 Å². The van der Waals surface area contributed by atoms with Crippen LogP contribution in [0.4, 0.5) is 8.78 Å². The zero-order valence-electron chi connectivity index (χ0n) is 9.70. The SMILES string of the molecule is Cn1cc(C(F)(F)CO)c(C2CCOCC2)n1. The normalized spacial score (nSPS) is 18.6. The van der Waals surface area contributed by atoms with E-state index in [9.17, 15) is 8.78 Å². The van der Waals surface area contributed by atoms with E-state index in [1.807, 2.05) is 0 Å². The first kappa shape index (κ1) is 12.4. The number of halogens is 2. The Labute approximate surface area is 98.2 Å². The molecule has 1 aromatic rings. The number of aliphatic hydroxyl groups is 1. The molecule has 0 spiro atoms. The Hall–Kier alpha value is -1.01. The van der Waals surface area contributed by atoms with E-state index in [-0.39, 0.29) is 11.5 Å². The Morgan fingerprint density at radius 3 is 2.76 bits per heavy atom.